The van der Waals surface area contributed by atoms with Crippen molar-refractivity contribution in [2.24, 2.45) is 0 Å². The van der Waals surface area contributed by atoms with E-state index < -0.39 is 5.97 Å². The van der Waals surface area contributed by atoms with Crippen molar-refractivity contribution in [2.75, 3.05) is 0 Å². The second kappa shape index (κ2) is 2.97. The van der Waals surface area contributed by atoms with E-state index in [1.165, 1.54) is 18.2 Å². The summed E-state index contributed by atoms with van der Waals surface area (Å²) in [5, 5.41) is 8.77. The Morgan fingerprint density at radius 2 is 2.18 bits per heavy atom. The Bertz CT molecular complexity index is 298. The lowest BCUT2D eigenvalue weighted by Gasteiger charge is -1.98. The molecule has 0 aliphatic heterocycles. The van der Waals surface area contributed by atoms with E-state index in [1.807, 2.05) is 0 Å². The lowest BCUT2D eigenvalue weighted by atomic mass is 9.95. The third-order valence-corrected chi connectivity index (χ3v) is 1.57. The first-order valence-corrected chi connectivity index (χ1v) is 3.27. The molecular weight excluding hydrogens is 162 g/mol. The Morgan fingerprint density at radius 1 is 1.55 bits per heavy atom. The molecule has 1 aromatic carbocycles. The van der Waals surface area contributed by atoms with E-state index in [9.17, 15) is 4.79 Å². The Kier molecular flexibility index (Phi) is 2.20. The molecule has 2 radical (unpaired) electrons. The second-order valence-corrected chi connectivity index (χ2v) is 2.45. The molecule has 2 nitrogen and oxygen atoms in total. The fourth-order valence-electron chi connectivity index (χ4n) is 0.660. The van der Waals surface area contributed by atoms with Crippen LogP contribution in [-0.2, 0) is 0 Å². The number of carboxylic acid groups (broad SMARTS) is 1. The van der Waals surface area contributed by atoms with Gasteiger partial charge >= 0.3 is 5.97 Å². The van der Waals surface area contributed by atoms with Crippen molar-refractivity contribution in [3.05, 3.63) is 28.8 Å². The number of hydrogen-bond donors (Lipinski definition) is 1. The van der Waals surface area contributed by atoms with Gasteiger partial charge in [-0.3, -0.25) is 0 Å². The average molecular weight is 166 g/mol. The summed E-state index contributed by atoms with van der Waals surface area (Å²) in [5.41, 5.74) is 0.529. The van der Waals surface area contributed by atoms with Crippen LogP contribution in [0.2, 0.25) is 5.02 Å². The minimum absolute atomic E-state index is 0.143. The maximum Gasteiger partial charge on any atom is 0.335 e. The third kappa shape index (κ3) is 1.74. The second-order valence-electron chi connectivity index (χ2n) is 2.04. The lowest BCUT2D eigenvalue weighted by molar-refractivity contribution is 0.0697. The fraction of sp³-hybridized carbons (Fsp3) is 0. The number of rotatable bonds is 1. The van der Waals surface area contributed by atoms with Gasteiger partial charge < -0.3 is 5.11 Å². The van der Waals surface area contributed by atoms with Gasteiger partial charge in [-0.15, -0.1) is 0 Å². The highest BCUT2D eigenvalue weighted by Gasteiger charge is 2.03. The van der Waals surface area contributed by atoms with Gasteiger partial charge in [-0.1, -0.05) is 23.1 Å². The molecule has 0 spiro atoms. The van der Waals surface area contributed by atoms with Crippen LogP contribution in [0.15, 0.2) is 18.2 Å². The van der Waals surface area contributed by atoms with Gasteiger partial charge in [0.25, 0.3) is 0 Å². The number of hydrogen-bond acceptors (Lipinski definition) is 1. The fourth-order valence-corrected chi connectivity index (χ4v) is 0.841. The van der Waals surface area contributed by atoms with Crippen LogP contribution in [-0.4, -0.2) is 18.9 Å². The molecule has 0 amide bonds. The number of carbonyl (C=O) groups is 1. The Balaban J connectivity index is 3.15. The van der Waals surface area contributed by atoms with Crippen LogP contribution in [0.1, 0.15) is 10.4 Å². The first kappa shape index (κ1) is 8.14. The summed E-state index contributed by atoms with van der Waals surface area (Å²) < 4.78 is 0. The predicted molar refractivity (Wildman–Crippen MR) is 43.8 cm³/mol. The molecule has 0 aromatic heterocycles. The normalized spacial score (nSPS) is 9.55. The maximum absolute atomic E-state index is 10.4. The predicted octanol–water partition coefficient (Wildman–Crippen LogP) is 0.832. The highest BCUT2D eigenvalue weighted by Crippen LogP contribution is 2.07. The van der Waals surface area contributed by atoms with Crippen LogP contribution in [0.5, 0.6) is 0 Å². The van der Waals surface area contributed by atoms with Gasteiger partial charge in [-0.2, -0.15) is 0 Å². The Hall–Kier alpha value is -0.955. The van der Waals surface area contributed by atoms with Crippen molar-refractivity contribution in [3.63, 3.8) is 0 Å². The van der Waals surface area contributed by atoms with Crippen LogP contribution in [0.4, 0.5) is 0 Å². The van der Waals surface area contributed by atoms with Crippen molar-refractivity contribution in [3.8, 4) is 0 Å². The van der Waals surface area contributed by atoms with E-state index >= 15 is 0 Å². The SMILES string of the molecule is [B]c1ccc(C(=O)O)cc1Cl. The monoisotopic (exact) mass is 166 g/mol. The Morgan fingerprint density at radius 3 is 2.64 bits per heavy atom. The van der Waals surface area contributed by atoms with Crippen molar-refractivity contribution in [1.29, 1.82) is 0 Å². The summed E-state index contributed by atoms with van der Waals surface area (Å²) in [6.45, 7) is 0. The van der Waals surface area contributed by atoms with Gasteiger partial charge in [-0.25, -0.2) is 4.79 Å². The maximum atomic E-state index is 10.4. The summed E-state index contributed by atoms with van der Waals surface area (Å²) in [4.78, 5) is 10.4. The standard InChI is InChI=1S/C7H4BClO2/c8-5-2-1-4(7(10)11)3-6(5)9/h1-3H,(H,10,11). The first-order chi connectivity index (χ1) is 5.11. The van der Waals surface area contributed by atoms with E-state index in [-0.39, 0.29) is 10.6 Å². The van der Waals surface area contributed by atoms with Gasteiger partial charge in [0.15, 0.2) is 0 Å². The molecule has 0 aliphatic rings. The number of halogens is 1. The van der Waals surface area contributed by atoms with Gasteiger partial charge in [0, 0.05) is 5.02 Å². The van der Waals surface area contributed by atoms with Gasteiger partial charge in [0.05, 0.1) is 5.56 Å². The molecule has 0 saturated heterocycles. The van der Waals surface area contributed by atoms with E-state index in [1.54, 1.807) is 0 Å². The minimum atomic E-state index is -1.01. The van der Waals surface area contributed by atoms with E-state index in [2.05, 4.69) is 0 Å². The molecular formula is C7H4BClO2. The number of carboxylic acids is 1. The van der Waals surface area contributed by atoms with E-state index in [4.69, 9.17) is 24.6 Å². The van der Waals surface area contributed by atoms with Crippen molar-refractivity contribution in [1.82, 2.24) is 0 Å². The molecule has 0 heterocycles. The molecule has 54 valence electrons. The van der Waals surface area contributed by atoms with E-state index in [0.29, 0.717) is 5.46 Å². The lowest BCUT2D eigenvalue weighted by Crippen LogP contribution is -2.06. The van der Waals surface area contributed by atoms with Crippen LogP contribution in [0, 0.1) is 0 Å². The molecule has 0 atom stereocenters. The summed E-state index contributed by atoms with van der Waals surface area (Å²) in [6.07, 6.45) is 0. The minimum Gasteiger partial charge on any atom is -0.478 e. The smallest absolute Gasteiger partial charge is 0.335 e. The van der Waals surface area contributed by atoms with Crippen molar-refractivity contribution >= 4 is 30.9 Å². The summed E-state index contributed by atoms with van der Waals surface area (Å²) >= 11 is 5.57. The average Bonchev–Trinajstić information content (AvgIpc) is 1.94. The summed E-state index contributed by atoms with van der Waals surface area (Å²) in [5.74, 6) is -1.01. The molecule has 1 rings (SSSR count). The molecule has 1 N–H and O–H groups in total. The number of benzene rings is 1. The quantitative estimate of drug-likeness (QED) is 0.628. The van der Waals surface area contributed by atoms with Crippen LogP contribution >= 0.6 is 11.6 Å². The Labute approximate surface area is 70.2 Å². The zero-order valence-corrected chi connectivity index (χ0v) is 6.30. The van der Waals surface area contributed by atoms with Crippen LogP contribution < -0.4 is 5.46 Å². The zero-order chi connectivity index (χ0) is 8.43. The zero-order valence-electron chi connectivity index (χ0n) is 5.54. The first-order valence-electron chi connectivity index (χ1n) is 2.89. The molecule has 1 aromatic rings. The van der Waals surface area contributed by atoms with Crippen LogP contribution in [0.25, 0.3) is 0 Å². The molecule has 0 aliphatic carbocycles. The topological polar surface area (TPSA) is 37.3 Å². The largest absolute Gasteiger partial charge is 0.478 e. The summed E-state index contributed by atoms with van der Waals surface area (Å²) in [6, 6.07) is 4.19. The highest BCUT2D eigenvalue weighted by molar-refractivity contribution is 6.45. The number of aromatic carboxylic acids is 1. The molecule has 0 fully saturated rings. The van der Waals surface area contributed by atoms with Crippen molar-refractivity contribution < 1.29 is 9.90 Å². The molecule has 0 saturated carbocycles. The molecule has 0 unspecified atom stereocenters. The highest BCUT2D eigenvalue weighted by atomic mass is 35.5. The summed E-state index contributed by atoms with van der Waals surface area (Å²) in [7, 11) is 5.36. The van der Waals surface area contributed by atoms with E-state index in [0.717, 1.165) is 0 Å². The van der Waals surface area contributed by atoms with Crippen LogP contribution in [0.3, 0.4) is 0 Å². The van der Waals surface area contributed by atoms with Gasteiger partial charge in [-0.05, 0) is 12.1 Å². The van der Waals surface area contributed by atoms with Crippen molar-refractivity contribution in [2.45, 2.75) is 0 Å². The molecule has 4 heteroatoms. The molecule has 0 bridgehead atoms. The van der Waals surface area contributed by atoms with Gasteiger partial charge in [0.1, 0.15) is 7.85 Å². The third-order valence-electron chi connectivity index (χ3n) is 1.25. The van der Waals surface area contributed by atoms with Gasteiger partial charge in [0.2, 0.25) is 0 Å². The molecule has 11 heavy (non-hydrogen) atoms.